The van der Waals surface area contributed by atoms with E-state index in [0.29, 0.717) is 12.3 Å². The highest BCUT2D eigenvalue weighted by Gasteiger charge is 2.22. The molecule has 0 aliphatic heterocycles. The smallest absolute Gasteiger partial charge is 0.253 e. The number of alkyl halides is 2. The van der Waals surface area contributed by atoms with Crippen molar-refractivity contribution in [1.29, 1.82) is 0 Å². The second-order valence-electron chi connectivity index (χ2n) is 3.38. The number of hydrogen-bond donors (Lipinski definition) is 1. The van der Waals surface area contributed by atoms with Gasteiger partial charge in [0.2, 0.25) is 0 Å². The third-order valence-corrected chi connectivity index (χ3v) is 2.40. The first-order valence-corrected chi connectivity index (χ1v) is 4.24. The van der Waals surface area contributed by atoms with Gasteiger partial charge in [0.1, 0.15) is 0 Å². The minimum atomic E-state index is -2.34. The van der Waals surface area contributed by atoms with Crippen molar-refractivity contribution < 1.29 is 8.78 Å². The molecule has 0 radical (unpaired) electrons. The summed E-state index contributed by atoms with van der Waals surface area (Å²) in [7, 11) is 0. The monoisotopic (exact) mass is 163 g/mol. The fraction of sp³-hybridized carbons (Fsp3) is 1.00. The van der Waals surface area contributed by atoms with Crippen LogP contribution in [0, 0.1) is 5.92 Å². The van der Waals surface area contributed by atoms with Crippen LogP contribution in [-0.4, -0.2) is 12.5 Å². The summed E-state index contributed by atoms with van der Waals surface area (Å²) in [6, 6.07) is -0.891. The molecule has 0 heterocycles. The Hall–Kier alpha value is -0.180. The largest absolute Gasteiger partial charge is 0.323 e. The van der Waals surface area contributed by atoms with E-state index < -0.39 is 12.5 Å². The first-order valence-electron chi connectivity index (χ1n) is 4.24. The lowest BCUT2D eigenvalue weighted by atomic mass is 9.99. The summed E-state index contributed by atoms with van der Waals surface area (Å²) >= 11 is 0. The van der Waals surface area contributed by atoms with Crippen molar-refractivity contribution in [3.8, 4) is 0 Å². The van der Waals surface area contributed by atoms with Crippen LogP contribution in [0.5, 0.6) is 0 Å². The molecule has 1 saturated carbocycles. The van der Waals surface area contributed by atoms with Gasteiger partial charge in [-0.15, -0.1) is 0 Å². The Bertz CT molecular complexity index is 111. The maximum Gasteiger partial charge on any atom is 0.253 e. The molecular formula is C8H15F2N. The summed E-state index contributed by atoms with van der Waals surface area (Å²) in [4.78, 5) is 0. The van der Waals surface area contributed by atoms with Crippen LogP contribution in [0.25, 0.3) is 0 Å². The van der Waals surface area contributed by atoms with Crippen LogP contribution in [0.3, 0.4) is 0 Å². The lowest BCUT2D eigenvalue weighted by molar-refractivity contribution is 0.104. The molecular weight excluding hydrogens is 148 g/mol. The maximum atomic E-state index is 12.0. The summed E-state index contributed by atoms with van der Waals surface area (Å²) in [5.41, 5.74) is 5.25. The minimum Gasteiger partial charge on any atom is -0.323 e. The molecule has 3 heteroatoms. The predicted octanol–water partition coefficient (Wildman–Crippen LogP) is 2.16. The molecule has 1 aliphatic carbocycles. The average molecular weight is 163 g/mol. The van der Waals surface area contributed by atoms with Crippen molar-refractivity contribution >= 4 is 0 Å². The van der Waals surface area contributed by atoms with Crippen LogP contribution in [0.2, 0.25) is 0 Å². The highest BCUT2D eigenvalue weighted by Crippen LogP contribution is 2.29. The Morgan fingerprint density at radius 1 is 1.27 bits per heavy atom. The van der Waals surface area contributed by atoms with Gasteiger partial charge in [0.25, 0.3) is 6.43 Å². The van der Waals surface area contributed by atoms with Crippen LogP contribution in [-0.2, 0) is 0 Å². The number of hydrogen-bond acceptors (Lipinski definition) is 1. The third-order valence-electron chi connectivity index (χ3n) is 2.40. The molecule has 0 bridgehead atoms. The maximum absolute atomic E-state index is 12.0. The van der Waals surface area contributed by atoms with Crippen molar-refractivity contribution in [2.45, 2.75) is 44.6 Å². The Morgan fingerprint density at radius 2 is 1.82 bits per heavy atom. The molecule has 0 saturated heterocycles. The van der Waals surface area contributed by atoms with Crippen molar-refractivity contribution in [3.63, 3.8) is 0 Å². The predicted molar refractivity (Wildman–Crippen MR) is 40.6 cm³/mol. The van der Waals surface area contributed by atoms with E-state index in [-0.39, 0.29) is 0 Å². The van der Waals surface area contributed by atoms with E-state index in [9.17, 15) is 8.78 Å². The van der Waals surface area contributed by atoms with Crippen molar-refractivity contribution in [1.82, 2.24) is 0 Å². The molecule has 0 amide bonds. The number of halogens is 2. The molecule has 1 nitrogen and oxygen atoms in total. The fourth-order valence-corrected chi connectivity index (χ4v) is 1.73. The van der Waals surface area contributed by atoms with Gasteiger partial charge in [-0.3, -0.25) is 0 Å². The minimum absolute atomic E-state index is 0.471. The first-order chi connectivity index (χ1) is 5.20. The zero-order chi connectivity index (χ0) is 8.27. The van der Waals surface area contributed by atoms with Gasteiger partial charge in [-0.2, -0.15) is 0 Å². The van der Waals surface area contributed by atoms with Gasteiger partial charge in [0.15, 0.2) is 0 Å². The Labute approximate surface area is 66.0 Å². The topological polar surface area (TPSA) is 26.0 Å². The molecule has 11 heavy (non-hydrogen) atoms. The molecule has 1 unspecified atom stereocenters. The lowest BCUT2D eigenvalue weighted by Crippen LogP contribution is -2.30. The fourth-order valence-electron chi connectivity index (χ4n) is 1.73. The first kappa shape index (κ1) is 8.91. The quantitative estimate of drug-likeness (QED) is 0.677. The second-order valence-corrected chi connectivity index (χ2v) is 3.38. The lowest BCUT2D eigenvalue weighted by Gasteiger charge is -2.14. The van der Waals surface area contributed by atoms with E-state index in [1.165, 1.54) is 12.8 Å². The Balaban J connectivity index is 2.18. The van der Waals surface area contributed by atoms with Gasteiger partial charge in [0.05, 0.1) is 6.04 Å². The number of nitrogens with two attached hydrogens (primary N) is 1. The van der Waals surface area contributed by atoms with E-state index in [2.05, 4.69) is 0 Å². The molecule has 0 aromatic rings. The van der Waals surface area contributed by atoms with Crippen LogP contribution < -0.4 is 5.73 Å². The molecule has 0 aromatic heterocycles. The van der Waals surface area contributed by atoms with Gasteiger partial charge in [-0.1, -0.05) is 25.7 Å². The van der Waals surface area contributed by atoms with E-state index in [1.807, 2.05) is 0 Å². The molecule has 1 atom stereocenters. The zero-order valence-corrected chi connectivity index (χ0v) is 6.60. The summed E-state index contributed by atoms with van der Waals surface area (Å²) in [5.74, 6) is 0.471. The van der Waals surface area contributed by atoms with Gasteiger partial charge < -0.3 is 5.73 Å². The third kappa shape index (κ3) is 2.73. The van der Waals surface area contributed by atoms with Crippen LogP contribution in [0.4, 0.5) is 8.78 Å². The highest BCUT2D eigenvalue weighted by molar-refractivity contribution is 4.74. The van der Waals surface area contributed by atoms with Gasteiger partial charge in [-0.05, 0) is 12.3 Å². The van der Waals surface area contributed by atoms with E-state index in [4.69, 9.17) is 5.73 Å². The van der Waals surface area contributed by atoms with E-state index in [1.54, 1.807) is 0 Å². The molecule has 66 valence electrons. The summed E-state index contributed by atoms with van der Waals surface area (Å²) in [5, 5.41) is 0. The van der Waals surface area contributed by atoms with Gasteiger partial charge in [-0.25, -0.2) is 8.78 Å². The summed E-state index contributed by atoms with van der Waals surface area (Å²) < 4.78 is 23.9. The average Bonchev–Trinajstić information content (AvgIpc) is 2.39. The highest BCUT2D eigenvalue weighted by atomic mass is 19.3. The molecule has 0 aromatic carbocycles. The van der Waals surface area contributed by atoms with Crippen molar-refractivity contribution in [2.24, 2.45) is 11.7 Å². The van der Waals surface area contributed by atoms with Gasteiger partial charge >= 0.3 is 0 Å². The normalized spacial score (nSPS) is 22.9. The van der Waals surface area contributed by atoms with E-state index >= 15 is 0 Å². The van der Waals surface area contributed by atoms with E-state index in [0.717, 1.165) is 12.8 Å². The summed E-state index contributed by atoms with van der Waals surface area (Å²) in [6.07, 6.45) is 2.76. The van der Waals surface area contributed by atoms with Gasteiger partial charge in [0, 0.05) is 0 Å². The molecule has 0 spiro atoms. The molecule has 1 fully saturated rings. The molecule has 1 rings (SSSR count). The number of rotatable bonds is 3. The molecule has 2 N–H and O–H groups in total. The van der Waals surface area contributed by atoms with Crippen molar-refractivity contribution in [2.75, 3.05) is 0 Å². The summed E-state index contributed by atoms with van der Waals surface area (Å²) in [6.45, 7) is 0. The van der Waals surface area contributed by atoms with Crippen LogP contribution in [0.15, 0.2) is 0 Å². The van der Waals surface area contributed by atoms with Crippen LogP contribution >= 0.6 is 0 Å². The van der Waals surface area contributed by atoms with Crippen molar-refractivity contribution in [3.05, 3.63) is 0 Å². The van der Waals surface area contributed by atoms with Crippen LogP contribution in [0.1, 0.15) is 32.1 Å². The Morgan fingerprint density at radius 3 is 2.27 bits per heavy atom. The molecule has 1 aliphatic rings. The Kier molecular flexibility index (Phi) is 3.24. The SMILES string of the molecule is NC(CC1CCCC1)C(F)F. The second kappa shape index (κ2) is 4.00. The zero-order valence-electron chi connectivity index (χ0n) is 6.60. The standard InChI is InChI=1S/C8H15F2N/c9-8(10)7(11)5-6-3-1-2-4-6/h6-8H,1-5,11H2.